The van der Waals surface area contributed by atoms with Crippen molar-refractivity contribution < 1.29 is 4.79 Å². The van der Waals surface area contributed by atoms with Gasteiger partial charge in [-0.1, -0.05) is 0 Å². The number of nitrogens with one attached hydrogen (secondary N) is 2. The van der Waals surface area contributed by atoms with E-state index in [1.807, 2.05) is 24.8 Å². The molecule has 3 heterocycles. The van der Waals surface area contributed by atoms with E-state index in [0.717, 1.165) is 43.0 Å². The molecule has 1 amide bonds. The van der Waals surface area contributed by atoms with Gasteiger partial charge in [-0.05, 0) is 44.7 Å². The van der Waals surface area contributed by atoms with Gasteiger partial charge in [-0.2, -0.15) is 5.10 Å². The van der Waals surface area contributed by atoms with Crippen LogP contribution in [0.15, 0.2) is 12.3 Å². The third-order valence-corrected chi connectivity index (χ3v) is 3.85. The number of nitrogens with zero attached hydrogens (tertiary/aromatic N) is 3. The van der Waals surface area contributed by atoms with Gasteiger partial charge in [-0.25, -0.2) is 4.98 Å². The summed E-state index contributed by atoms with van der Waals surface area (Å²) in [6.45, 7) is 4.58. The second-order valence-corrected chi connectivity index (χ2v) is 5.32. The number of piperidine rings is 1. The van der Waals surface area contributed by atoms with E-state index in [0.29, 0.717) is 5.69 Å². The fourth-order valence-corrected chi connectivity index (χ4v) is 2.77. The molecule has 1 unspecified atom stereocenters. The van der Waals surface area contributed by atoms with Gasteiger partial charge in [0.2, 0.25) is 0 Å². The van der Waals surface area contributed by atoms with Gasteiger partial charge >= 0.3 is 0 Å². The second-order valence-electron chi connectivity index (χ2n) is 5.32. The van der Waals surface area contributed by atoms with Crippen molar-refractivity contribution in [2.75, 3.05) is 6.54 Å². The fraction of sp³-hybridized carbons (Fsp3) is 0.500. The van der Waals surface area contributed by atoms with E-state index in [9.17, 15) is 4.79 Å². The van der Waals surface area contributed by atoms with Crippen molar-refractivity contribution in [3.05, 3.63) is 35.2 Å². The molecule has 1 aliphatic heterocycles. The molecule has 20 heavy (non-hydrogen) atoms. The zero-order chi connectivity index (χ0) is 14.1. The van der Waals surface area contributed by atoms with Crippen LogP contribution in [-0.2, 0) is 0 Å². The van der Waals surface area contributed by atoms with E-state index in [-0.39, 0.29) is 11.9 Å². The number of aromatic nitrogens is 4. The van der Waals surface area contributed by atoms with E-state index in [2.05, 4.69) is 20.2 Å². The highest BCUT2D eigenvalue weighted by Gasteiger charge is 2.32. The summed E-state index contributed by atoms with van der Waals surface area (Å²) in [5.74, 6) is 1.55. The lowest BCUT2D eigenvalue weighted by Gasteiger charge is -2.33. The first-order valence-electron chi connectivity index (χ1n) is 7.00. The van der Waals surface area contributed by atoms with Crippen LogP contribution in [0.1, 0.15) is 53.0 Å². The minimum atomic E-state index is -0.0242. The van der Waals surface area contributed by atoms with Gasteiger partial charge in [0, 0.05) is 12.7 Å². The molecule has 6 nitrogen and oxygen atoms in total. The second kappa shape index (κ2) is 5.11. The Morgan fingerprint density at radius 2 is 2.25 bits per heavy atom. The number of aryl methyl sites for hydroxylation is 2. The van der Waals surface area contributed by atoms with Crippen LogP contribution in [0, 0.1) is 13.8 Å². The number of aromatic amines is 2. The molecule has 0 bridgehead atoms. The SMILES string of the molecule is Cc1nc(C2CCCCN2C(=O)c2[nH]ccc2C)n[nH]1. The first kappa shape index (κ1) is 12.9. The van der Waals surface area contributed by atoms with E-state index in [4.69, 9.17) is 0 Å². The Morgan fingerprint density at radius 1 is 1.40 bits per heavy atom. The van der Waals surface area contributed by atoms with E-state index < -0.39 is 0 Å². The van der Waals surface area contributed by atoms with Gasteiger partial charge in [-0.15, -0.1) is 0 Å². The zero-order valence-electron chi connectivity index (χ0n) is 11.8. The maximum absolute atomic E-state index is 12.7. The molecule has 0 radical (unpaired) electrons. The molecule has 0 saturated carbocycles. The summed E-state index contributed by atoms with van der Waals surface area (Å²) in [5.41, 5.74) is 1.65. The molecule has 1 atom stereocenters. The van der Waals surface area contributed by atoms with Crippen LogP contribution < -0.4 is 0 Å². The van der Waals surface area contributed by atoms with E-state index in [1.54, 1.807) is 6.20 Å². The largest absolute Gasteiger partial charge is 0.357 e. The highest BCUT2D eigenvalue weighted by atomic mass is 16.2. The van der Waals surface area contributed by atoms with Crippen molar-refractivity contribution in [1.82, 2.24) is 25.1 Å². The molecular weight excluding hydrogens is 254 g/mol. The smallest absolute Gasteiger partial charge is 0.271 e. The van der Waals surface area contributed by atoms with Gasteiger partial charge < -0.3 is 9.88 Å². The first-order valence-corrected chi connectivity index (χ1v) is 7.00. The standard InChI is InChI=1S/C14H19N5O/c1-9-6-7-15-12(9)14(20)19-8-4-3-5-11(19)13-16-10(2)17-18-13/h6-7,11,15H,3-5,8H2,1-2H3,(H,16,17,18). The Labute approximate surface area is 117 Å². The predicted octanol–water partition coefficient (Wildman–Crippen LogP) is 2.12. The molecule has 1 saturated heterocycles. The quantitative estimate of drug-likeness (QED) is 0.879. The molecule has 3 rings (SSSR count). The normalized spacial score (nSPS) is 19.3. The topological polar surface area (TPSA) is 77.7 Å². The molecule has 1 aliphatic rings. The van der Waals surface area contributed by atoms with Gasteiger partial charge in [0.05, 0.1) is 6.04 Å². The maximum atomic E-state index is 12.7. The van der Waals surface area contributed by atoms with Crippen LogP contribution in [0.5, 0.6) is 0 Å². The predicted molar refractivity (Wildman–Crippen MR) is 74.3 cm³/mol. The van der Waals surface area contributed by atoms with E-state index in [1.165, 1.54) is 0 Å². The van der Waals surface area contributed by atoms with Gasteiger partial charge in [0.15, 0.2) is 5.82 Å². The number of hydrogen-bond donors (Lipinski definition) is 2. The summed E-state index contributed by atoms with van der Waals surface area (Å²) >= 11 is 0. The Kier molecular flexibility index (Phi) is 3.30. The number of carbonyl (C=O) groups excluding carboxylic acids is 1. The third-order valence-electron chi connectivity index (χ3n) is 3.85. The van der Waals surface area contributed by atoms with Crippen LogP contribution in [0.3, 0.4) is 0 Å². The zero-order valence-corrected chi connectivity index (χ0v) is 11.8. The van der Waals surface area contributed by atoms with Crippen LogP contribution >= 0.6 is 0 Å². The van der Waals surface area contributed by atoms with E-state index >= 15 is 0 Å². The molecule has 106 valence electrons. The van der Waals surface area contributed by atoms with Gasteiger partial charge in [0.25, 0.3) is 5.91 Å². The summed E-state index contributed by atoms with van der Waals surface area (Å²) in [6.07, 6.45) is 4.86. The maximum Gasteiger partial charge on any atom is 0.271 e. The number of hydrogen-bond acceptors (Lipinski definition) is 3. The van der Waals surface area contributed by atoms with Crippen LogP contribution in [0.4, 0.5) is 0 Å². The lowest BCUT2D eigenvalue weighted by Crippen LogP contribution is -2.39. The molecular formula is C14H19N5O. The summed E-state index contributed by atoms with van der Waals surface area (Å²) in [4.78, 5) is 22.0. The molecule has 2 N–H and O–H groups in total. The Bertz CT molecular complexity index is 615. The Balaban J connectivity index is 1.89. The number of amides is 1. The highest BCUT2D eigenvalue weighted by Crippen LogP contribution is 2.30. The monoisotopic (exact) mass is 273 g/mol. The summed E-state index contributed by atoms with van der Waals surface area (Å²) in [5, 5.41) is 7.10. The molecule has 6 heteroatoms. The molecule has 1 fully saturated rings. The fourth-order valence-electron chi connectivity index (χ4n) is 2.77. The van der Waals surface area contributed by atoms with Crippen LogP contribution in [0.25, 0.3) is 0 Å². The average molecular weight is 273 g/mol. The van der Waals surface area contributed by atoms with Crippen molar-refractivity contribution >= 4 is 5.91 Å². The lowest BCUT2D eigenvalue weighted by atomic mass is 10.0. The minimum absolute atomic E-state index is 0.0242. The average Bonchev–Trinajstić information content (AvgIpc) is 3.07. The molecule has 0 aromatic carbocycles. The molecule has 2 aromatic heterocycles. The number of rotatable bonds is 2. The number of H-pyrrole nitrogens is 2. The lowest BCUT2D eigenvalue weighted by molar-refractivity contribution is 0.0594. The van der Waals surface area contributed by atoms with Crippen molar-refractivity contribution in [1.29, 1.82) is 0 Å². The minimum Gasteiger partial charge on any atom is -0.357 e. The van der Waals surface area contributed by atoms with Crippen molar-refractivity contribution in [2.45, 2.75) is 39.2 Å². The third kappa shape index (κ3) is 2.21. The molecule has 0 aliphatic carbocycles. The van der Waals surface area contributed by atoms with Crippen LogP contribution in [0.2, 0.25) is 0 Å². The summed E-state index contributed by atoms with van der Waals surface area (Å²) in [6, 6.07) is 1.90. The first-order chi connectivity index (χ1) is 9.66. The van der Waals surface area contributed by atoms with Crippen molar-refractivity contribution in [3.63, 3.8) is 0 Å². The van der Waals surface area contributed by atoms with Gasteiger partial charge in [0.1, 0.15) is 11.5 Å². The van der Waals surface area contributed by atoms with Gasteiger partial charge in [-0.3, -0.25) is 9.89 Å². The van der Waals surface area contributed by atoms with Crippen molar-refractivity contribution in [3.8, 4) is 0 Å². The number of likely N-dealkylation sites (tertiary alicyclic amines) is 1. The molecule has 2 aromatic rings. The van der Waals surface area contributed by atoms with Crippen LogP contribution in [-0.4, -0.2) is 37.5 Å². The highest BCUT2D eigenvalue weighted by molar-refractivity contribution is 5.94. The number of carbonyl (C=O) groups is 1. The Hall–Kier alpha value is -2.11. The molecule has 0 spiro atoms. The summed E-state index contributed by atoms with van der Waals surface area (Å²) in [7, 11) is 0. The van der Waals surface area contributed by atoms with Crippen molar-refractivity contribution in [2.24, 2.45) is 0 Å². The Morgan fingerprint density at radius 3 is 2.90 bits per heavy atom. The summed E-state index contributed by atoms with van der Waals surface area (Å²) < 4.78 is 0.